The van der Waals surface area contributed by atoms with Crippen molar-refractivity contribution >= 4 is 53.0 Å². The van der Waals surface area contributed by atoms with Crippen molar-refractivity contribution in [3.63, 3.8) is 0 Å². The first kappa shape index (κ1) is 25.5. The van der Waals surface area contributed by atoms with Gasteiger partial charge >= 0.3 is 5.97 Å². The number of pyridine rings is 1. The second-order valence-corrected chi connectivity index (χ2v) is 11.2. The number of amidine groups is 1. The highest BCUT2D eigenvalue weighted by molar-refractivity contribution is 8.00. The minimum atomic E-state index is -1.19. The standard InChI is InChI=1S/C22H26N8O5S2/c1-28-6-4-12(7-28)11-3-2-5-29(8-11)9-13-10-36-20-15(19(32)30(20)16(13)21(33)34)24-18(31)14(26-35)17-25-22(23)37-27-17/h2-3,5,8,12,15,20,22H,4,6-7,9-10,23H2,1H3,(H3-,24,25,27,31,33,34,35)/p+1/t12?,15-,20?,22?/m1/s1. The SMILES string of the molecule is CN1CCC(c2ccc[n+](CC3=C(C(=O)O)N4C(=O)[C@@H](NC(=O)/C(=N\O)C5=NC(N)SN5)C4SC3)c2)C1. The maximum atomic E-state index is 13.0. The molecule has 3 unspecified atom stereocenters. The number of thioether (sulfide) groups is 1. The molecule has 0 radical (unpaired) electrons. The molecule has 4 aliphatic heterocycles. The van der Waals surface area contributed by atoms with Gasteiger partial charge in [-0.15, -0.1) is 11.8 Å². The summed E-state index contributed by atoms with van der Waals surface area (Å²) in [5.41, 5.74) is 6.33. The number of nitrogens with zero attached hydrogens (tertiary/aromatic N) is 5. The van der Waals surface area contributed by atoms with E-state index >= 15 is 0 Å². The molecule has 2 fully saturated rings. The van der Waals surface area contributed by atoms with Crippen molar-refractivity contribution in [2.24, 2.45) is 15.9 Å². The van der Waals surface area contributed by atoms with Crippen LogP contribution >= 0.6 is 23.7 Å². The first-order chi connectivity index (χ1) is 17.8. The van der Waals surface area contributed by atoms with Gasteiger partial charge in [-0.05, 0) is 38.0 Å². The van der Waals surface area contributed by atoms with Crippen LogP contribution in [0.25, 0.3) is 0 Å². The third-order valence-electron chi connectivity index (χ3n) is 6.73. The van der Waals surface area contributed by atoms with E-state index < -0.39 is 40.4 Å². The van der Waals surface area contributed by atoms with Crippen molar-refractivity contribution in [1.82, 2.24) is 19.8 Å². The van der Waals surface area contributed by atoms with E-state index in [1.165, 1.54) is 22.2 Å². The molecule has 5 heterocycles. The van der Waals surface area contributed by atoms with Crippen molar-refractivity contribution in [2.45, 2.75) is 35.8 Å². The summed E-state index contributed by atoms with van der Waals surface area (Å²) < 4.78 is 4.65. The van der Waals surface area contributed by atoms with E-state index in [1.807, 2.05) is 23.0 Å². The van der Waals surface area contributed by atoms with Gasteiger partial charge in [0.25, 0.3) is 11.8 Å². The normalized spacial score (nSPS) is 27.9. The Labute approximate surface area is 221 Å². The van der Waals surface area contributed by atoms with Crippen LogP contribution in [0.3, 0.4) is 0 Å². The summed E-state index contributed by atoms with van der Waals surface area (Å²) in [6, 6.07) is 3.08. The number of nitrogens with two attached hydrogens (primary N) is 1. The van der Waals surface area contributed by atoms with E-state index in [9.17, 15) is 24.7 Å². The molecule has 1 aromatic rings. The molecule has 4 aliphatic rings. The fourth-order valence-electron chi connectivity index (χ4n) is 4.93. The molecule has 196 valence electrons. The summed E-state index contributed by atoms with van der Waals surface area (Å²) in [6.45, 7) is 2.37. The van der Waals surface area contributed by atoms with E-state index in [0.29, 0.717) is 23.8 Å². The molecule has 2 amide bonds. The Kier molecular flexibility index (Phi) is 7.11. The van der Waals surface area contributed by atoms with Crippen molar-refractivity contribution in [2.75, 3.05) is 25.9 Å². The van der Waals surface area contributed by atoms with Gasteiger partial charge in [0.2, 0.25) is 5.71 Å². The number of nitrogens with one attached hydrogen (secondary N) is 2. The summed E-state index contributed by atoms with van der Waals surface area (Å²) in [7, 11) is 2.10. The molecular formula is C22H27N8O5S2+. The van der Waals surface area contributed by atoms with Crippen LogP contribution < -0.4 is 20.3 Å². The zero-order valence-electron chi connectivity index (χ0n) is 19.9. The number of carbonyl (C=O) groups excluding carboxylic acids is 2. The van der Waals surface area contributed by atoms with Gasteiger partial charge in [-0.3, -0.25) is 20.2 Å². The Morgan fingerprint density at radius 3 is 2.89 bits per heavy atom. The third-order valence-corrected chi connectivity index (χ3v) is 8.72. The Balaban J connectivity index is 1.31. The lowest BCUT2D eigenvalue weighted by atomic mass is 10.00. The average Bonchev–Trinajstić information content (AvgIpc) is 3.51. The van der Waals surface area contributed by atoms with Crippen LogP contribution in [0.4, 0.5) is 0 Å². The van der Waals surface area contributed by atoms with Crippen LogP contribution in [0.15, 0.2) is 45.9 Å². The van der Waals surface area contributed by atoms with E-state index in [4.69, 9.17) is 5.73 Å². The minimum Gasteiger partial charge on any atom is -0.477 e. The molecule has 0 aromatic carbocycles. The topological polar surface area (TPSA) is 177 Å². The van der Waals surface area contributed by atoms with Gasteiger partial charge < -0.3 is 25.3 Å². The second kappa shape index (κ2) is 10.3. The van der Waals surface area contributed by atoms with Crippen molar-refractivity contribution in [1.29, 1.82) is 0 Å². The van der Waals surface area contributed by atoms with Gasteiger partial charge in [0.1, 0.15) is 17.1 Å². The van der Waals surface area contributed by atoms with Gasteiger partial charge in [-0.2, -0.15) is 0 Å². The quantitative estimate of drug-likeness (QED) is 0.0700. The zero-order chi connectivity index (χ0) is 26.3. The molecule has 0 saturated carbocycles. The number of aliphatic carboxylic acids is 1. The molecule has 15 heteroatoms. The van der Waals surface area contributed by atoms with Crippen molar-refractivity contribution in [3.8, 4) is 0 Å². The lowest BCUT2D eigenvalue weighted by molar-refractivity contribution is -0.689. The van der Waals surface area contributed by atoms with Crippen molar-refractivity contribution in [3.05, 3.63) is 41.4 Å². The number of likely N-dealkylation sites (tertiary alicyclic amines) is 1. The van der Waals surface area contributed by atoms with E-state index in [1.54, 1.807) is 0 Å². The van der Waals surface area contributed by atoms with Gasteiger partial charge in [0.15, 0.2) is 30.3 Å². The van der Waals surface area contributed by atoms with Crippen LogP contribution in [0.2, 0.25) is 0 Å². The molecule has 13 nitrogen and oxygen atoms in total. The summed E-state index contributed by atoms with van der Waals surface area (Å²) >= 11 is 2.41. The van der Waals surface area contributed by atoms with E-state index in [-0.39, 0.29) is 11.5 Å². The number of hydrogen-bond acceptors (Lipinski definition) is 11. The molecule has 2 saturated heterocycles. The molecule has 37 heavy (non-hydrogen) atoms. The summed E-state index contributed by atoms with van der Waals surface area (Å²) in [6.07, 6.45) is 5.02. The maximum absolute atomic E-state index is 13.0. The van der Waals surface area contributed by atoms with Gasteiger partial charge in [0.05, 0.1) is 0 Å². The van der Waals surface area contributed by atoms with Crippen LogP contribution in [-0.2, 0) is 20.9 Å². The highest BCUT2D eigenvalue weighted by Crippen LogP contribution is 2.40. The Morgan fingerprint density at radius 2 is 2.24 bits per heavy atom. The minimum absolute atomic E-state index is 0.00524. The number of carboxylic acids is 1. The third kappa shape index (κ3) is 4.91. The number of oxime groups is 1. The first-order valence-corrected chi connectivity index (χ1v) is 13.6. The smallest absolute Gasteiger partial charge is 0.352 e. The number of aromatic nitrogens is 1. The molecule has 0 bridgehead atoms. The predicted octanol–water partition coefficient (Wildman–Crippen LogP) is -1.15. The number of hydrogen-bond donors (Lipinski definition) is 5. The maximum Gasteiger partial charge on any atom is 0.352 e. The molecule has 0 aliphatic carbocycles. The Bertz CT molecular complexity index is 1240. The number of carboxylic acid groups (broad SMARTS) is 1. The number of fused-ring (bicyclic) bond motifs is 1. The largest absolute Gasteiger partial charge is 0.477 e. The fraction of sp³-hybridized carbons (Fsp3) is 0.455. The Hall–Kier alpha value is -3.14. The van der Waals surface area contributed by atoms with Crippen LogP contribution in [0.5, 0.6) is 0 Å². The van der Waals surface area contributed by atoms with Crippen LogP contribution in [0, 0.1) is 0 Å². The highest BCUT2D eigenvalue weighted by atomic mass is 32.2. The fourth-order valence-corrected chi connectivity index (χ4v) is 6.81. The number of amides is 2. The first-order valence-electron chi connectivity index (χ1n) is 11.6. The monoisotopic (exact) mass is 547 g/mol. The molecular weight excluding hydrogens is 520 g/mol. The second-order valence-electron chi connectivity index (χ2n) is 9.21. The number of likely N-dealkylation sites (N-methyl/N-ethyl adjacent to an activating group) is 1. The van der Waals surface area contributed by atoms with Crippen LogP contribution in [-0.4, -0.2) is 92.2 Å². The summed E-state index contributed by atoms with van der Waals surface area (Å²) in [5.74, 6) is -1.75. The number of β-lactam (4-membered cyclic amide) rings is 1. The van der Waals surface area contributed by atoms with Crippen LogP contribution in [0.1, 0.15) is 17.9 Å². The Morgan fingerprint density at radius 1 is 1.43 bits per heavy atom. The van der Waals surface area contributed by atoms with Gasteiger partial charge in [-0.25, -0.2) is 14.4 Å². The lowest BCUT2D eigenvalue weighted by Gasteiger charge is -2.49. The predicted molar refractivity (Wildman–Crippen MR) is 137 cm³/mol. The highest BCUT2D eigenvalue weighted by Gasteiger charge is 2.55. The number of carbonyl (C=O) groups is 3. The molecule has 5 rings (SSSR count). The van der Waals surface area contributed by atoms with Crippen molar-refractivity contribution < 1.29 is 29.3 Å². The molecule has 0 spiro atoms. The number of rotatable bonds is 7. The zero-order valence-corrected chi connectivity index (χ0v) is 21.5. The number of aliphatic imine (C=N–C) groups is 1. The molecule has 6 N–H and O–H groups in total. The van der Waals surface area contributed by atoms with E-state index in [0.717, 1.165) is 31.5 Å². The van der Waals surface area contributed by atoms with Gasteiger partial charge in [-0.1, -0.05) is 5.16 Å². The van der Waals surface area contributed by atoms with E-state index in [2.05, 4.69) is 38.2 Å². The summed E-state index contributed by atoms with van der Waals surface area (Å²) in [4.78, 5) is 45.4. The molecule has 1 aromatic heterocycles. The summed E-state index contributed by atoms with van der Waals surface area (Å²) in [5, 5.41) is 24.2. The molecule has 4 atom stereocenters. The lowest BCUT2D eigenvalue weighted by Crippen LogP contribution is -2.71. The van der Waals surface area contributed by atoms with Gasteiger partial charge in [0, 0.05) is 35.4 Å². The average molecular weight is 548 g/mol.